The average Bonchev–Trinajstić information content (AvgIpc) is 2.55. The number of Topliss-reactive ketones (excluding diaryl/α,β-unsaturated/α-hetero) is 1. The molecular formula is C11H16F3NO4. The van der Waals surface area contributed by atoms with Gasteiger partial charge in [0, 0.05) is 6.42 Å². The fourth-order valence-electron chi connectivity index (χ4n) is 1.77. The smallest absolute Gasteiger partial charge is 0.444 e. The molecule has 110 valence electrons. The van der Waals surface area contributed by atoms with E-state index in [4.69, 9.17) is 4.74 Å². The van der Waals surface area contributed by atoms with Crippen LogP contribution in [0, 0.1) is 0 Å². The highest BCUT2D eigenvalue weighted by Crippen LogP contribution is 2.28. The second-order valence-corrected chi connectivity index (χ2v) is 5.40. The Balaban J connectivity index is 2.86. The van der Waals surface area contributed by atoms with Crippen molar-refractivity contribution in [3.05, 3.63) is 0 Å². The fraction of sp³-hybridized carbons (Fsp3) is 0.818. The molecule has 1 N–H and O–H groups in total. The standard InChI is InChI=1S/C11H16F3NO4/c1-10(2,3)19-9(18)15-5-6(16)4-7(15)8(17)11(12,13)14/h6-7,16H,4-5H2,1-3H3/t6-,7+/m0/s1. The van der Waals surface area contributed by atoms with Crippen molar-refractivity contribution in [1.82, 2.24) is 4.90 Å². The highest BCUT2D eigenvalue weighted by Gasteiger charge is 2.50. The molecule has 0 aliphatic carbocycles. The fourth-order valence-corrected chi connectivity index (χ4v) is 1.77. The Kier molecular flexibility index (Phi) is 4.14. The van der Waals surface area contributed by atoms with Gasteiger partial charge in [-0.05, 0) is 20.8 Å². The number of amides is 1. The van der Waals surface area contributed by atoms with Crippen LogP contribution in [0.3, 0.4) is 0 Å². The molecule has 1 amide bonds. The summed E-state index contributed by atoms with van der Waals surface area (Å²) in [5.41, 5.74) is -0.892. The molecule has 0 spiro atoms. The third-order valence-corrected chi connectivity index (χ3v) is 2.49. The van der Waals surface area contributed by atoms with Crippen molar-refractivity contribution in [3.63, 3.8) is 0 Å². The zero-order valence-electron chi connectivity index (χ0n) is 10.8. The van der Waals surface area contributed by atoms with Crippen LogP contribution < -0.4 is 0 Å². The van der Waals surface area contributed by atoms with Gasteiger partial charge in [-0.1, -0.05) is 0 Å². The van der Waals surface area contributed by atoms with Gasteiger partial charge in [-0.3, -0.25) is 9.69 Å². The number of aliphatic hydroxyl groups excluding tert-OH is 1. The molecule has 0 bridgehead atoms. The maximum atomic E-state index is 12.4. The molecule has 0 aromatic heterocycles. The summed E-state index contributed by atoms with van der Waals surface area (Å²) < 4.78 is 42.1. The molecule has 5 nitrogen and oxygen atoms in total. The van der Waals surface area contributed by atoms with Crippen molar-refractivity contribution >= 4 is 11.9 Å². The molecule has 1 fully saturated rings. The van der Waals surface area contributed by atoms with Crippen molar-refractivity contribution in [1.29, 1.82) is 0 Å². The van der Waals surface area contributed by atoms with E-state index in [0.717, 1.165) is 0 Å². The van der Waals surface area contributed by atoms with Gasteiger partial charge < -0.3 is 9.84 Å². The largest absolute Gasteiger partial charge is 0.452 e. The first-order valence-electron chi connectivity index (χ1n) is 5.70. The van der Waals surface area contributed by atoms with E-state index in [1.54, 1.807) is 20.8 Å². The van der Waals surface area contributed by atoms with E-state index >= 15 is 0 Å². The Bertz CT molecular complexity index is 375. The van der Waals surface area contributed by atoms with Crippen molar-refractivity contribution < 1.29 is 32.6 Å². The van der Waals surface area contributed by atoms with Crippen molar-refractivity contribution in [2.45, 2.75) is 51.1 Å². The van der Waals surface area contributed by atoms with Crippen LogP contribution in [0.1, 0.15) is 27.2 Å². The summed E-state index contributed by atoms with van der Waals surface area (Å²) in [5.74, 6) is -2.05. The number of halogens is 3. The summed E-state index contributed by atoms with van der Waals surface area (Å²) in [5, 5.41) is 9.36. The van der Waals surface area contributed by atoms with Crippen molar-refractivity contribution in [3.8, 4) is 0 Å². The third kappa shape index (κ3) is 4.09. The zero-order chi connectivity index (χ0) is 15.0. The predicted octanol–water partition coefficient (Wildman–Crippen LogP) is 1.49. The molecule has 0 saturated carbocycles. The molecule has 1 aliphatic heterocycles. The number of ether oxygens (including phenoxy) is 1. The highest BCUT2D eigenvalue weighted by atomic mass is 19.4. The number of ketones is 1. The molecule has 0 unspecified atom stereocenters. The number of hydrogen-bond acceptors (Lipinski definition) is 4. The molecule has 1 aliphatic rings. The molecule has 0 aromatic carbocycles. The van der Waals surface area contributed by atoms with E-state index < -0.39 is 42.2 Å². The van der Waals surface area contributed by atoms with Crippen LogP contribution in [0.15, 0.2) is 0 Å². The molecule has 1 rings (SSSR count). The van der Waals surface area contributed by atoms with Crippen LogP contribution in [-0.2, 0) is 9.53 Å². The number of aliphatic hydroxyl groups is 1. The number of alkyl halides is 3. The lowest BCUT2D eigenvalue weighted by molar-refractivity contribution is -0.175. The van der Waals surface area contributed by atoms with E-state index in [1.807, 2.05) is 0 Å². The van der Waals surface area contributed by atoms with Gasteiger partial charge in [0.1, 0.15) is 11.6 Å². The van der Waals surface area contributed by atoms with Crippen LogP contribution in [0.4, 0.5) is 18.0 Å². The maximum absolute atomic E-state index is 12.4. The number of carbonyl (C=O) groups excluding carboxylic acids is 2. The number of likely N-dealkylation sites (tertiary alicyclic amines) is 1. The van der Waals surface area contributed by atoms with Gasteiger partial charge in [-0.2, -0.15) is 13.2 Å². The van der Waals surface area contributed by atoms with Crippen molar-refractivity contribution in [2.75, 3.05) is 6.54 Å². The summed E-state index contributed by atoms with van der Waals surface area (Å²) >= 11 is 0. The topological polar surface area (TPSA) is 66.8 Å². The maximum Gasteiger partial charge on any atom is 0.452 e. The number of hydrogen-bond donors (Lipinski definition) is 1. The minimum Gasteiger partial charge on any atom is -0.444 e. The van der Waals surface area contributed by atoms with Gasteiger partial charge in [0.2, 0.25) is 0 Å². The normalized spacial score (nSPS) is 24.5. The Morgan fingerprint density at radius 3 is 2.21 bits per heavy atom. The first-order valence-corrected chi connectivity index (χ1v) is 5.70. The van der Waals surface area contributed by atoms with E-state index in [2.05, 4.69) is 0 Å². The van der Waals surface area contributed by atoms with E-state index in [0.29, 0.717) is 4.90 Å². The van der Waals surface area contributed by atoms with Gasteiger partial charge in [0.05, 0.1) is 12.6 Å². The Hall–Kier alpha value is -1.31. The van der Waals surface area contributed by atoms with Gasteiger partial charge in [0.25, 0.3) is 5.78 Å². The van der Waals surface area contributed by atoms with Crippen LogP contribution in [0.25, 0.3) is 0 Å². The summed E-state index contributed by atoms with van der Waals surface area (Å²) in [6, 6.07) is -1.72. The number of rotatable bonds is 1. The lowest BCUT2D eigenvalue weighted by Crippen LogP contribution is -2.47. The molecular weight excluding hydrogens is 267 g/mol. The van der Waals surface area contributed by atoms with Gasteiger partial charge in [-0.25, -0.2) is 4.79 Å². The number of nitrogens with zero attached hydrogens (tertiary/aromatic N) is 1. The Morgan fingerprint density at radius 1 is 1.26 bits per heavy atom. The van der Waals surface area contributed by atoms with Gasteiger partial charge in [0.15, 0.2) is 0 Å². The SMILES string of the molecule is CC(C)(C)OC(=O)N1C[C@@H](O)C[C@@H]1C(=O)C(F)(F)F. The number of carbonyl (C=O) groups is 2. The molecule has 19 heavy (non-hydrogen) atoms. The molecule has 1 heterocycles. The summed E-state index contributed by atoms with van der Waals surface area (Å²) in [4.78, 5) is 23.6. The highest BCUT2D eigenvalue weighted by molar-refractivity contribution is 5.92. The molecule has 0 radical (unpaired) electrons. The minimum absolute atomic E-state index is 0.346. The summed E-state index contributed by atoms with van der Waals surface area (Å²) in [6.07, 6.45) is -7.68. The second kappa shape index (κ2) is 4.99. The first-order chi connectivity index (χ1) is 8.42. The lowest BCUT2D eigenvalue weighted by atomic mass is 10.1. The lowest BCUT2D eigenvalue weighted by Gasteiger charge is -2.28. The quantitative estimate of drug-likeness (QED) is 0.791. The number of β-amino-alcohol motifs (C(OH)–C–C–N with tert-alkyl or cyclic N) is 1. The van der Waals surface area contributed by atoms with Crippen LogP contribution >= 0.6 is 0 Å². The van der Waals surface area contributed by atoms with Crippen LogP contribution in [0.2, 0.25) is 0 Å². The molecule has 8 heteroatoms. The molecule has 2 atom stereocenters. The van der Waals surface area contributed by atoms with Crippen molar-refractivity contribution in [2.24, 2.45) is 0 Å². The minimum atomic E-state index is -5.05. The van der Waals surface area contributed by atoms with Gasteiger partial charge in [-0.15, -0.1) is 0 Å². The molecule has 0 aromatic rings. The predicted molar refractivity (Wildman–Crippen MR) is 58.4 cm³/mol. The third-order valence-electron chi connectivity index (χ3n) is 2.49. The van der Waals surface area contributed by atoms with Gasteiger partial charge >= 0.3 is 12.3 Å². The zero-order valence-corrected chi connectivity index (χ0v) is 10.8. The van der Waals surface area contributed by atoms with E-state index in [-0.39, 0.29) is 6.54 Å². The monoisotopic (exact) mass is 283 g/mol. The Labute approximate surface area is 108 Å². The van der Waals surface area contributed by atoms with E-state index in [9.17, 15) is 27.9 Å². The molecule has 1 saturated heterocycles. The van der Waals surface area contributed by atoms with Crippen LogP contribution in [-0.4, -0.2) is 52.4 Å². The summed E-state index contributed by atoms with van der Waals surface area (Å²) in [6.45, 7) is 4.31. The van der Waals surface area contributed by atoms with E-state index in [1.165, 1.54) is 0 Å². The first kappa shape index (κ1) is 15.7. The van der Waals surface area contributed by atoms with Crippen LogP contribution in [0.5, 0.6) is 0 Å². The Morgan fingerprint density at radius 2 is 1.79 bits per heavy atom. The average molecular weight is 283 g/mol. The summed E-state index contributed by atoms with van der Waals surface area (Å²) in [7, 11) is 0. The second-order valence-electron chi connectivity index (χ2n) is 5.40.